The van der Waals surface area contributed by atoms with Crippen molar-refractivity contribution in [2.75, 3.05) is 6.54 Å². The lowest BCUT2D eigenvalue weighted by Gasteiger charge is -2.22. The molecule has 0 bridgehead atoms. The maximum atomic E-state index is 12.5. The van der Waals surface area contributed by atoms with E-state index < -0.39 is 0 Å². The summed E-state index contributed by atoms with van der Waals surface area (Å²) in [6, 6.07) is 12.6. The highest BCUT2D eigenvalue weighted by Gasteiger charge is 2.16. The Kier molecular flexibility index (Phi) is 9.00. The van der Waals surface area contributed by atoms with Gasteiger partial charge in [-0.2, -0.15) is 0 Å². The monoisotopic (exact) mass is 473 g/mol. The molecule has 1 saturated carbocycles. The molecule has 0 aromatic heterocycles. The van der Waals surface area contributed by atoms with E-state index in [0.29, 0.717) is 23.6 Å². The van der Waals surface area contributed by atoms with E-state index in [0.717, 1.165) is 23.3 Å². The van der Waals surface area contributed by atoms with Crippen LogP contribution in [0.5, 0.6) is 0 Å². The summed E-state index contributed by atoms with van der Waals surface area (Å²) in [5.41, 5.74) is 1.70. The third kappa shape index (κ3) is 7.28. The predicted octanol–water partition coefficient (Wildman–Crippen LogP) is 5.15. The van der Waals surface area contributed by atoms with E-state index in [1.807, 2.05) is 24.3 Å². The van der Waals surface area contributed by atoms with E-state index in [2.05, 4.69) is 15.4 Å². The van der Waals surface area contributed by atoms with Crippen LogP contribution in [-0.4, -0.2) is 30.3 Å². The van der Waals surface area contributed by atoms with Crippen molar-refractivity contribution in [3.63, 3.8) is 0 Å². The van der Waals surface area contributed by atoms with Crippen molar-refractivity contribution >= 4 is 41.3 Å². The average Bonchev–Trinajstić information content (AvgIpc) is 2.79. The van der Waals surface area contributed by atoms with Crippen LogP contribution in [0.4, 0.5) is 4.79 Å². The number of hydrogen-bond acceptors (Lipinski definition) is 4. The van der Waals surface area contributed by atoms with Crippen LogP contribution in [0.2, 0.25) is 5.02 Å². The number of nitrogens with one attached hydrogen (secondary N) is 3. The van der Waals surface area contributed by atoms with Crippen molar-refractivity contribution in [2.24, 2.45) is 0 Å². The van der Waals surface area contributed by atoms with Crippen LogP contribution in [-0.2, 0) is 6.42 Å². The molecular formula is C24H28ClN3O3S. The van der Waals surface area contributed by atoms with E-state index >= 15 is 0 Å². The van der Waals surface area contributed by atoms with Crippen molar-refractivity contribution in [3.05, 3.63) is 64.2 Å². The van der Waals surface area contributed by atoms with Crippen LogP contribution in [0.25, 0.3) is 0 Å². The van der Waals surface area contributed by atoms with Crippen LogP contribution in [0.1, 0.15) is 65.3 Å². The second-order valence-electron chi connectivity index (χ2n) is 7.91. The number of halogens is 1. The molecule has 0 unspecified atom stereocenters. The van der Waals surface area contributed by atoms with Crippen LogP contribution in [0.15, 0.2) is 47.4 Å². The molecule has 0 aliphatic heterocycles. The van der Waals surface area contributed by atoms with Gasteiger partial charge in [-0.25, -0.2) is 4.79 Å². The summed E-state index contributed by atoms with van der Waals surface area (Å²) in [6.07, 6.45) is 6.36. The summed E-state index contributed by atoms with van der Waals surface area (Å²) in [4.78, 5) is 37.2. The first-order valence-corrected chi connectivity index (χ1v) is 12.0. The number of Topliss-reactive ketones (excluding diaryl/α,β-unsaturated/α-hetero) is 1. The number of benzene rings is 2. The van der Waals surface area contributed by atoms with Crippen molar-refractivity contribution in [1.82, 2.24) is 15.4 Å². The Morgan fingerprint density at radius 1 is 1.00 bits per heavy atom. The summed E-state index contributed by atoms with van der Waals surface area (Å²) < 4.78 is 2.83. The van der Waals surface area contributed by atoms with Gasteiger partial charge in [0.05, 0.1) is 5.56 Å². The number of carbonyl (C=O) groups excluding carboxylic acids is 3. The fraction of sp³-hybridized carbons (Fsp3) is 0.375. The summed E-state index contributed by atoms with van der Waals surface area (Å²) in [6.45, 7) is 1.85. The molecule has 2 aromatic rings. The maximum Gasteiger partial charge on any atom is 0.325 e. The standard InChI is InChI=1S/C24H28ClN3O3S/c1-16(29)21-12-9-18(25)15-22(21)23(30)26-14-13-17-7-10-20(11-8-17)32-28-24(31)27-19-5-3-2-4-6-19/h7-12,15,19H,2-6,13-14H2,1H3,(H,26,30)(H2,27,28,31). The SMILES string of the molecule is CC(=O)c1ccc(Cl)cc1C(=O)NCCc1ccc(SNC(=O)NC2CCCCC2)cc1. The van der Waals surface area contributed by atoms with Gasteiger partial charge in [0.15, 0.2) is 5.78 Å². The number of urea groups is 1. The van der Waals surface area contributed by atoms with Gasteiger partial charge >= 0.3 is 6.03 Å². The normalized spacial score (nSPS) is 13.9. The Hall–Kier alpha value is -2.51. The zero-order valence-electron chi connectivity index (χ0n) is 18.1. The Morgan fingerprint density at radius 2 is 1.72 bits per heavy atom. The van der Waals surface area contributed by atoms with E-state index in [9.17, 15) is 14.4 Å². The first kappa shape index (κ1) is 24.1. The van der Waals surface area contributed by atoms with Gasteiger partial charge in [0.1, 0.15) is 0 Å². The number of hydrogen-bond donors (Lipinski definition) is 3. The van der Waals surface area contributed by atoms with E-state index in [1.165, 1.54) is 44.2 Å². The van der Waals surface area contributed by atoms with Gasteiger partial charge in [-0.3, -0.25) is 14.3 Å². The molecule has 0 radical (unpaired) electrons. The smallest absolute Gasteiger partial charge is 0.325 e. The summed E-state index contributed by atoms with van der Waals surface area (Å²) in [7, 11) is 0. The maximum absolute atomic E-state index is 12.5. The first-order valence-electron chi connectivity index (χ1n) is 10.8. The molecule has 2 aromatic carbocycles. The molecule has 3 amide bonds. The number of carbonyl (C=O) groups is 3. The molecule has 3 rings (SSSR count). The van der Waals surface area contributed by atoms with Gasteiger partial charge in [-0.05, 0) is 74.0 Å². The molecule has 32 heavy (non-hydrogen) atoms. The van der Waals surface area contributed by atoms with Crippen LogP contribution < -0.4 is 15.4 Å². The van der Waals surface area contributed by atoms with Crippen molar-refractivity contribution in [2.45, 2.75) is 56.4 Å². The zero-order valence-corrected chi connectivity index (χ0v) is 19.7. The largest absolute Gasteiger partial charge is 0.352 e. The lowest BCUT2D eigenvalue weighted by molar-refractivity contribution is 0.0939. The lowest BCUT2D eigenvalue weighted by Crippen LogP contribution is -2.40. The van der Waals surface area contributed by atoms with E-state index in [1.54, 1.807) is 12.1 Å². The Morgan fingerprint density at radius 3 is 2.41 bits per heavy atom. The first-order chi connectivity index (χ1) is 15.4. The third-order valence-electron chi connectivity index (χ3n) is 5.43. The summed E-state index contributed by atoms with van der Waals surface area (Å²) in [5.74, 6) is -0.501. The number of rotatable bonds is 8. The molecule has 6 nitrogen and oxygen atoms in total. The molecule has 1 aliphatic carbocycles. The van der Waals surface area contributed by atoms with Crippen LogP contribution in [0.3, 0.4) is 0 Å². The minimum absolute atomic E-state index is 0.153. The fourth-order valence-corrected chi connectivity index (χ4v) is 4.43. The highest BCUT2D eigenvalue weighted by Crippen LogP contribution is 2.19. The second-order valence-corrected chi connectivity index (χ2v) is 9.22. The van der Waals surface area contributed by atoms with Gasteiger partial charge < -0.3 is 10.6 Å². The van der Waals surface area contributed by atoms with Gasteiger partial charge in [-0.1, -0.05) is 43.0 Å². The van der Waals surface area contributed by atoms with Crippen LogP contribution >= 0.6 is 23.5 Å². The highest BCUT2D eigenvalue weighted by molar-refractivity contribution is 7.98. The molecule has 1 fully saturated rings. The van der Waals surface area contributed by atoms with E-state index in [-0.39, 0.29) is 29.3 Å². The minimum atomic E-state index is -0.321. The Bertz CT molecular complexity index is 959. The van der Waals surface area contributed by atoms with Gasteiger partial charge in [0.2, 0.25) is 0 Å². The topological polar surface area (TPSA) is 87.3 Å². The Labute approximate surface area is 198 Å². The molecule has 0 heterocycles. The van der Waals surface area contributed by atoms with Gasteiger partial charge in [0.25, 0.3) is 5.91 Å². The second kappa shape index (κ2) is 11.9. The van der Waals surface area contributed by atoms with Gasteiger partial charge in [-0.15, -0.1) is 0 Å². The van der Waals surface area contributed by atoms with E-state index in [4.69, 9.17) is 11.6 Å². The summed E-state index contributed by atoms with van der Waals surface area (Å²) in [5, 5.41) is 6.28. The molecular weight excluding hydrogens is 446 g/mol. The molecule has 8 heteroatoms. The lowest BCUT2D eigenvalue weighted by atomic mass is 9.96. The molecule has 1 aliphatic rings. The number of ketones is 1. The Balaban J connectivity index is 1.43. The third-order valence-corrected chi connectivity index (χ3v) is 6.46. The number of amides is 3. The minimum Gasteiger partial charge on any atom is -0.352 e. The highest BCUT2D eigenvalue weighted by atomic mass is 35.5. The average molecular weight is 474 g/mol. The van der Waals surface area contributed by atoms with Crippen LogP contribution in [0, 0.1) is 0 Å². The predicted molar refractivity (Wildman–Crippen MR) is 128 cm³/mol. The molecule has 0 atom stereocenters. The van der Waals surface area contributed by atoms with Crippen molar-refractivity contribution in [3.8, 4) is 0 Å². The van der Waals surface area contributed by atoms with Crippen molar-refractivity contribution < 1.29 is 14.4 Å². The fourth-order valence-electron chi connectivity index (χ4n) is 3.72. The molecule has 3 N–H and O–H groups in total. The quantitative estimate of drug-likeness (QED) is 0.365. The molecule has 0 saturated heterocycles. The van der Waals surface area contributed by atoms with Gasteiger partial charge in [0, 0.05) is 28.1 Å². The van der Waals surface area contributed by atoms with Crippen molar-refractivity contribution in [1.29, 1.82) is 0 Å². The molecule has 170 valence electrons. The molecule has 0 spiro atoms. The zero-order chi connectivity index (χ0) is 22.9. The summed E-state index contributed by atoms with van der Waals surface area (Å²) >= 11 is 7.26.